The number of amides is 1. The fourth-order valence-electron chi connectivity index (χ4n) is 2.87. The number of phosphoric ester groups is 1. The van der Waals surface area contributed by atoms with E-state index in [1.54, 1.807) is 0 Å². The van der Waals surface area contributed by atoms with Crippen molar-refractivity contribution in [1.29, 1.82) is 0 Å². The van der Waals surface area contributed by atoms with Crippen LogP contribution < -0.4 is 5.73 Å². The van der Waals surface area contributed by atoms with Crippen LogP contribution in [-0.4, -0.2) is 53.5 Å². The van der Waals surface area contributed by atoms with Crippen LogP contribution in [0.1, 0.15) is 51.4 Å². The second kappa shape index (κ2) is 12.4. The van der Waals surface area contributed by atoms with Gasteiger partial charge in [-0.1, -0.05) is 19.3 Å². The standard InChI is InChI=1S/C9H14O4.C5H13NO8P2/c10-8(11)7(9(12)13)6-4-2-1-3-5-6;6-4(7)2-1-3-5(15(8,9)10)14-16(11,12)13/h6-7H,1-5H2,(H,10,11)(H,12,13);5H,1-3H2,(H2,6,7)(H2,8,9,10)(H2,11,12,13). The van der Waals surface area contributed by atoms with Crippen LogP contribution in [0, 0.1) is 11.8 Å². The van der Waals surface area contributed by atoms with E-state index in [9.17, 15) is 23.5 Å². The maximum atomic E-state index is 10.8. The lowest BCUT2D eigenvalue weighted by Gasteiger charge is -2.24. The minimum Gasteiger partial charge on any atom is -0.481 e. The van der Waals surface area contributed by atoms with Gasteiger partial charge in [0.25, 0.3) is 0 Å². The Morgan fingerprint density at radius 3 is 1.79 bits per heavy atom. The molecule has 1 fully saturated rings. The first kappa shape index (κ1) is 27.7. The number of aliphatic carboxylic acids is 2. The highest BCUT2D eigenvalue weighted by atomic mass is 31.2. The average Bonchev–Trinajstić information content (AvgIpc) is 2.52. The largest absolute Gasteiger partial charge is 0.481 e. The van der Waals surface area contributed by atoms with E-state index in [0.29, 0.717) is 0 Å². The van der Waals surface area contributed by atoms with Gasteiger partial charge in [-0.05, 0) is 31.6 Å². The minimum atomic E-state index is -4.99. The summed E-state index contributed by atoms with van der Waals surface area (Å²) in [5.74, 6) is -6.36. The number of nitrogens with two attached hydrogens (primary N) is 1. The van der Waals surface area contributed by atoms with E-state index in [2.05, 4.69) is 4.52 Å². The zero-order valence-corrected chi connectivity index (χ0v) is 17.3. The first-order valence-electron chi connectivity index (χ1n) is 8.68. The summed E-state index contributed by atoms with van der Waals surface area (Å²) in [7, 11) is -9.79. The van der Waals surface area contributed by atoms with E-state index in [4.69, 9.17) is 35.5 Å². The average molecular weight is 463 g/mol. The van der Waals surface area contributed by atoms with Crippen LogP contribution in [0.15, 0.2) is 0 Å². The molecule has 170 valence electrons. The summed E-state index contributed by atoms with van der Waals surface area (Å²) in [6.45, 7) is 0. The minimum absolute atomic E-state index is 0.0366. The fourth-order valence-corrected chi connectivity index (χ4v) is 4.67. The van der Waals surface area contributed by atoms with Crippen molar-refractivity contribution in [2.24, 2.45) is 17.6 Å². The Labute approximate surface area is 166 Å². The van der Waals surface area contributed by atoms with Crippen LogP contribution >= 0.6 is 15.4 Å². The number of rotatable bonds is 10. The Hall–Kier alpha value is -1.33. The molecule has 0 aromatic rings. The van der Waals surface area contributed by atoms with Crippen LogP contribution in [0.4, 0.5) is 0 Å². The van der Waals surface area contributed by atoms with Crippen molar-refractivity contribution in [3.63, 3.8) is 0 Å². The molecule has 1 amide bonds. The fraction of sp³-hybridized carbons (Fsp3) is 0.786. The lowest BCUT2D eigenvalue weighted by molar-refractivity contribution is -0.157. The van der Waals surface area contributed by atoms with Crippen molar-refractivity contribution in [3.05, 3.63) is 0 Å². The third-order valence-corrected chi connectivity index (χ3v) is 5.97. The van der Waals surface area contributed by atoms with Gasteiger partial charge in [-0.25, -0.2) is 4.57 Å². The molecule has 1 saturated carbocycles. The van der Waals surface area contributed by atoms with Crippen molar-refractivity contribution < 1.29 is 57.8 Å². The molecule has 13 nitrogen and oxygen atoms in total. The lowest BCUT2D eigenvalue weighted by atomic mass is 9.80. The highest BCUT2D eigenvalue weighted by Crippen LogP contribution is 2.51. The molecule has 15 heteroatoms. The summed E-state index contributed by atoms with van der Waals surface area (Å²) in [4.78, 5) is 66.0. The van der Waals surface area contributed by atoms with E-state index >= 15 is 0 Å². The van der Waals surface area contributed by atoms with Gasteiger partial charge >= 0.3 is 27.4 Å². The molecule has 0 heterocycles. The van der Waals surface area contributed by atoms with E-state index in [0.717, 1.165) is 32.1 Å². The maximum Gasteiger partial charge on any atom is 0.470 e. The van der Waals surface area contributed by atoms with Gasteiger partial charge in [0.1, 0.15) is 0 Å². The molecule has 0 spiro atoms. The van der Waals surface area contributed by atoms with E-state index in [1.165, 1.54) is 0 Å². The zero-order chi connectivity index (χ0) is 22.8. The lowest BCUT2D eigenvalue weighted by Crippen LogP contribution is -2.32. The summed E-state index contributed by atoms with van der Waals surface area (Å²) >= 11 is 0. The SMILES string of the molecule is NC(=O)CCCC(OP(=O)(O)O)P(=O)(O)O.O=C(O)C(C(=O)O)C1CCCCC1. The molecule has 0 saturated heterocycles. The highest BCUT2D eigenvalue weighted by Gasteiger charge is 2.36. The van der Waals surface area contributed by atoms with Crippen LogP contribution in [0.5, 0.6) is 0 Å². The highest BCUT2D eigenvalue weighted by molar-refractivity contribution is 7.53. The van der Waals surface area contributed by atoms with Gasteiger partial charge < -0.3 is 35.5 Å². The number of carboxylic acids is 2. The number of hydrogen-bond donors (Lipinski definition) is 7. The molecule has 29 heavy (non-hydrogen) atoms. The molecule has 0 radical (unpaired) electrons. The molecule has 1 aliphatic carbocycles. The van der Waals surface area contributed by atoms with Gasteiger partial charge in [-0.2, -0.15) is 0 Å². The summed E-state index contributed by atoms with van der Waals surface area (Å²) in [6, 6.07) is 0. The second-order valence-corrected chi connectivity index (χ2v) is 9.50. The molecule has 0 aromatic heterocycles. The number of carbonyl (C=O) groups is 3. The summed E-state index contributed by atoms with van der Waals surface area (Å²) in [6.07, 6.45) is 3.93. The van der Waals surface area contributed by atoms with Crippen molar-refractivity contribution in [2.45, 2.75) is 57.2 Å². The molecule has 8 N–H and O–H groups in total. The smallest absolute Gasteiger partial charge is 0.470 e. The van der Waals surface area contributed by atoms with Crippen molar-refractivity contribution >= 4 is 33.3 Å². The van der Waals surface area contributed by atoms with Gasteiger partial charge in [0.05, 0.1) is 0 Å². The molecule has 1 rings (SSSR count). The van der Waals surface area contributed by atoms with E-state index < -0.39 is 45.0 Å². The van der Waals surface area contributed by atoms with Crippen LogP contribution in [0.3, 0.4) is 0 Å². The predicted molar refractivity (Wildman–Crippen MR) is 97.3 cm³/mol. The first-order chi connectivity index (χ1) is 13.1. The first-order valence-corrected chi connectivity index (χ1v) is 11.9. The normalized spacial score (nSPS) is 16.6. The topological polar surface area (TPSA) is 242 Å². The monoisotopic (exact) mass is 463 g/mol. The van der Waals surface area contributed by atoms with Gasteiger partial charge in [0.15, 0.2) is 11.8 Å². The van der Waals surface area contributed by atoms with E-state index in [-0.39, 0.29) is 25.2 Å². The third kappa shape index (κ3) is 12.8. The summed E-state index contributed by atoms with van der Waals surface area (Å²) in [5.41, 5.74) is 4.79. The Bertz CT molecular complexity index is 637. The molecule has 1 aliphatic rings. The van der Waals surface area contributed by atoms with Gasteiger partial charge in [-0.3, -0.25) is 23.5 Å². The van der Waals surface area contributed by atoms with Crippen molar-refractivity contribution in [3.8, 4) is 0 Å². The molecule has 0 bridgehead atoms. The Kier molecular flexibility index (Phi) is 11.8. The molecule has 0 aromatic carbocycles. The quantitative estimate of drug-likeness (QED) is 0.174. The maximum absolute atomic E-state index is 10.8. The number of carbonyl (C=O) groups excluding carboxylic acids is 1. The van der Waals surface area contributed by atoms with Crippen molar-refractivity contribution in [1.82, 2.24) is 0 Å². The number of hydrogen-bond acceptors (Lipinski definition) is 6. The van der Waals surface area contributed by atoms with Crippen LogP contribution in [0.2, 0.25) is 0 Å². The molecule has 1 unspecified atom stereocenters. The van der Waals surface area contributed by atoms with Crippen molar-refractivity contribution in [2.75, 3.05) is 0 Å². The Morgan fingerprint density at radius 2 is 1.45 bits per heavy atom. The summed E-state index contributed by atoms with van der Waals surface area (Å²) in [5, 5.41) is 17.4. The summed E-state index contributed by atoms with van der Waals surface area (Å²) < 4.78 is 25.2. The molecular formula is C14H27NO12P2. The number of primary amides is 1. The van der Waals surface area contributed by atoms with Crippen LogP contribution in [-0.2, 0) is 28.0 Å². The van der Waals surface area contributed by atoms with Gasteiger partial charge in [-0.15, -0.1) is 0 Å². The van der Waals surface area contributed by atoms with Crippen LogP contribution in [0.25, 0.3) is 0 Å². The molecule has 1 atom stereocenters. The number of phosphoric acid groups is 1. The second-order valence-electron chi connectivity index (χ2n) is 6.55. The molecular weight excluding hydrogens is 436 g/mol. The molecule has 0 aliphatic heterocycles. The predicted octanol–water partition coefficient (Wildman–Crippen LogP) is 0.607. The third-order valence-electron chi connectivity index (χ3n) is 4.16. The zero-order valence-electron chi connectivity index (χ0n) is 15.5. The van der Waals surface area contributed by atoms with E-state index in [1.807, 2.05) is 0 Å². The van der Waals surface area contributed by atoms with Gasteiger partial charge in [0, 0.05) is 6.42 Å². The number of carboxylic acid groups (broad SMARTS) is 2. The Morgan fingerprint density at radius 1 is 0.966 bits per heavy atom. The Balaban J connectivity index is 0.000000551. The van der Waals surface area contributed by atoms with Gasteiger partial charge in [0.2, 0.25) is 5.91 Å².